The van der Waals surface area contributed by atoms with E-state index in [1.807, 2.05) is 0 Å². The molecule has 2 atom stereocenters. The lowest BCUT2D eigenvalue weighted by atomic mass is 9.93. The van der Waals surface area contributed by atoms with E-state index in [1.165, 1.54) is 51.4 Å². The van der Waals surface area contributed by atoms with Gasteiger partial charge in [0.2, 0.25) is 0 Å². The Morgan fingerprint density at radius 3 is 2.06 bits per heavy atom. The zero-order chi connectivity index (χ0) is 12.2. The first-order valence-electron chi connectivity index (χ1n) is 7.49. The van der Waals surface area contributed by atoms with E-state index in [2.05, 4.69) is 33.0 Å². The molecule has 0 aliphatic rings. The van der Waals surface area contributed by atoms with Gasteiger partial charge in [-0.15, -0.1) is 0 Å². The lowest BCUT2D eigenvalue weighted by Gasteiger charge is -2.23. The normalized spacial score (nSPS) is 15.0. The minimum Gasteiger partial charge on any atom is -0.314 e. The van der Waals surface area contributed by atoms with Gasteiger partial charge in [0.1, 0.15) is 0 Å². The minimum atomic E-state index is 0.737. The van der Waals surface area contributed by atoms with Gasteiger partial charge >= 0.3 is 0 Å². The van der Waals surface area contributed by atoms with E-state index in [1.54, 1.807) is 0 Å². The summed E-state index contributed by atoms with van der Waals surface area (Å²) >= 11 is 0. The van der Waals surface area contributed by atoms with Crippen molar-refractivity contribution in [1.82, 2.24) is 5.32 Å². The molecule has 0 aliphatic heterocycles. The Morgan fingerprint density at radius 1 is 0.875 bits per heavy atom. The summed E-state index contributed by atoms with van der Waals surface area (Å²) in [6, 6.07) is 0.737. The summed E-state index contributed by atoms with van der Waals surface area (Å²) in [6.07, 6.45) is 11.2. The van der Waals surface area contributed by atoms with E-state index < -0.39 is 0 Å². The predicted octanol–water partition coefficient (Wildman–Crippen LogP) is 4.76. The highest BCUT2D eigenvalue weighted by Gasteiger charge is 2.13. The number of hydrogen-bond acceptors (Lipinski definition) is 1. The summed E-state index contributed by atoms with van der Waals surface area (Å²) in [5.74, 6) is 0.844. The maximum absolute atomic E-state index is 3.59. The van der Waals surface area contributed by atoms with Gasteiger partial charge in [-0.2, -0.15) is 0 Å². The van der Waals surface area contributed by atoms with Gasteiger partial charge in [0.25, 0.3) is 0 Å². The lowest BCUT2D eigenvalue weighted by molar-refractivity contribution is 0.342. The van der Waals surface area contributed by atoms with Crippen LogP contribution in [0.5, 0.6) is 0 Å². The molecule has 0 aliphatic carbocycles. The van der Waals surface area contributed by atoms with Crippen LogP contribution < -0.4 is 5.32 Å². The molecule has 98 valence electrons. The molecule has 0 aromatic rings. The number of hydrogen-bond donors (Lipinski definition) is 1. The van der Waals surface area contributed by atoms with Crippen LogP contribution in [0, 0.1) is 5.92 Å². The fourth-order valence-electron chi connectivity index (χ4n) is 2.46. The third-order valence-corrected chi connectivity index (χ3v) is 3.61. The molecule has 1 N–H and O–H groups in total. The van der Waals surface area contributed by atoms with E-state index in [0.29, 0.717) is 0 Å². The van der Waals surface area contributed by atoms with Gasteiger partial charge in [-0.25, -0.2) is 0 Å². The summed E-state index contributed by atoms with van der Waals surface area (Å²) in [6.45, 7) is 10.3. The van der Waals surface area contributed by atoms with Crippen molar-refractivity contribution in [3.63, 3.8) is 0 Å². The monoisotopic (exact) mass is 227 g/mol. The summed E-state index contributed by atoms with van der Waals surface area (Å²) in [5.41, 5.74) is 0. The van der Waals surface area contributed by atoms with E-state index in [-0.39, 0.29) is 0 Å². The second-order valence-corrected chi connectivity index (χ2v) is 5.11. The zero-order valence-corrected chi connectivity index (χ0v) is 12.0. The number of nitrogens with one attached hydrogen (secondary N) is 1. The van der Waals surface area contributed by atoms with Crippen LogP contribution in [0.2, 0.25) is 0 Å². The first-order valence-corrected chi connectivity index (χ1v) is 7.49. The van der Waals surface area contributed by atoms with E-state index in [9.17, 15) is 0 Å². The lowest BCUT2D eigenvalue weighted by Crippen LogP contribution is -2.34. The molecule has 2 unspecified atom stereocenters. The van der Waals surface area contributed by atoms with Gasteiger partial charge in [-0.05, 0) is 25.3 Å². The van der Waals surface area contributed by atoms with Crippen LogP contribution in [0.1, 0.15) is 79.1 Å². The molecule has 0 fully saturated rings. The SMILES string of the molecule is CCCCCCCCC(C)C(CC)NCC. The first-order chi connectivity index (χ1) is 7.76. The summed E-state index contributed by atoms with van der Waals surface area (Å²) < 4.78 is 0. The smallest absolute Gasteiger partial charge is 0.00899 e. The van der Waals surface area contributed by atoms with Crippen molar-refractivity contribution < 1.29 is 0 Å². The standard InChI is InChI=1S/C15H33N/c1-5-8-9-10-11-12-13-14(4)15(6-2)16-7-3/h14-16H,5-13H2,1-4H3. The number of rotatable bonds is 11. The quantitative estimate of drug-likeness (QED) is 0.502. The fraction of sp³-hybridized carbons (Fsp3) is 1.00. The average molecular weight is 227 g/mol. The molecule has 16 heavy (non-hydrogen) atoms. The second-order valence-electron chi connectivity index (χ2n) is 5.11. The molecular formula is C15H33N. The predicted molar refractivity (Wildman–Crippen MR) is 74.9 cm³/mol. The van der Waals surface area contributed by atoms with Crippen LogP contribution in [-0.2, 0) is 0 Å². The van der Waals surface area contributed by atoms with Gasteiger partial charge in [0.15, 0.2) is 0 Å². The first kappa shape index (κ1) is 16.0. The Bertz CT molecular complexity index is 133. The average Bonchev–Trinajstić information content (AvgIpc) is 2.30. The highest BCUT2D eigenvalue weighted by Crippen LogP contribution is 2.16. The molecule has 0 amide bonds. The fourth-order valence-corrected chi connectivity index (χ4v) is 2.46. The van der Waals surface area contributed by atoms with Crippen molar-refractivity contribution in [3.8, 4) is 0 Å². The third-order valence-electron chi connectivity index (χ3n) is 3.61. The van der Waals surface area contributed by atoms with Crippen molar-refractivity contribution in [1.29, 1.82) is 0 Å². The van der Waals surface area contributed by atoms with Crippen molar-refractivity contribution in [3.05, 3.63) is 0 Å². The molecule has 0 saturated heterocycles. The van der Waals surface area contributed by atoms with Crippen LogP contribution in [-0.4, -0.2) is 12.6 Å². The minimum absolute atomic E-state index is 0.737. The molecule has 0 spiro atoms. The molecule has 0 aromatic heterocycles. The van der Waals surface area contributed by atoms with E-state index >= 15 is 0 Å². The maximum Gasteiger partial charge on any atom is 0.00899 e. The Morgan fingerprint density at radius 2 is 1.50 bits per heavy atom. The second kappa shape index (κ2) is 11.4. The largest absolute Gasteiger partial charge is 0.314 e. The third kappa shape index (κ3) is 8.15. The topological polar surface area (TPSA) is 12.0 Å². The van der Waals surface area contributed by atoms with Crippen molar-refractivity contribution in [2.75, 3.05) is 6.54 Å². The van der Waals surface area contributed by atoms with Crippen molar-refractivity contribution in [2.24, 2.45) is 5.92 Å². The highest BCUT2D eigenvalue weighted by atomic mass is 14.9. The molecule has 0 heterocycles. The van der Waals surface area contributed by atoms with E-state index in [4.69, 9.17) is 0 Å². The molecule has 0 bridgehead atoms. The van der Waals surface area contributed by atoms with Crippen LogP contribution in [0.25, 0.3) is 0 Å². The molecular weight excluding hydrogens is 194 g/mol. The van der Waals surface area contributed by atoms with Gasteiger partial charge in [-0.3, -0.25) is 0 Å². The summed E-state index contributed by atoms with van der Waals surface area (Å²) in [7, 11) is 0. The Hall–Kier alpha value is -0.0400. The summed E-state index contributed by atoms with van der Waals surface area (Å²) in [4.78, 5) is 0. The maximum atomic E-state index is 3.59. The number of unbranched alkanes of at least 4 members (excludes halogenated alkanes) is 5. The van der Waals surface area contributed by atoms with Crippen LogP contribution in [0.15, 0.2) is 0 Å². The Balaban J connectivity index is 3.43. The zero-order valence-electron chi connectivity index (χ0n) is 12.0. The molecule has 0 saturated carbocycles. The van der Waals surface area contributed by atoms with Crippen LogP contribution in [0.3, 0.4) is 0 Å². The van der Waals surface area contributed by atoms with Crippen LogP contribution in [0.4, 0.5) is 0 Å². The van der Waals surface area contributed by atoms with E-state index in [0.717, 1.165) is 18.5 Å². The van der Waals surface area contributed by atoms with Gasteiger partial charge < -0.3 is 5.32 Å². The Labute approximate surface area is 103 Å². The molecule has 1 nitrogen and oxygen atoms in total. The highest BCUT2D eigenvalue weighted by molar-refractivity contribution is 4.71. The van der Waals surface area contributed by atoms with Crippen molar-refractivity contribution >= 4 is 0 Å². The van der Waals surface area contributed by atoms with Gasteiger partial charge in [-0.1, -0.05) is 66.2 Å². The van der Waals surface area contributed by atoms with Crippen molar-refractivity contribution in [2.45, 2.75) is 85.1 Å². The Kier molecular flexibility index (Phi) is 11.4. The van der Waals surface area contributed by atoms with Crippen LogP contribution >= 0.6 is 0 Å². The molecule has 0 aromatic carbocycles. The molecule has 1 heteroatoms. The van der Waals surface area contributed by atoms with Gasteiger partial charge in [0, 0.05) is 6.04 Å². The van der Waals surface area contributed by atoms with Gasteiger partial charge in [0.05, 0.1) is 0 Å². The molecule has 0 radical (unpaired) electrons. The molecule has 0 rings (SSSR count). The summed E-state index contributed by atoms with van der Waals surface area (Å²) in [5, 5.41) is 3.59.